The van der Waals surface area contributed by atoms with Crippen LogP contribution in [0.5, 0.6) is 11.5 Å². The summed E-state index contributed by atoms with van der Waals surface area (Å²) in [4.78, 5) is 12.1. The van der Waals surface area contributed by atoms with Gasteiger partial charge >= 0.3 is 5.97 Å². The molecule has 1 aliphatic rings. The highest BCUT2D eigenvalue weighted by Crippen LogP contribution is 2.26. The summed E-state index contributed by atoms with van der Waals surface area (Å²) >= 11 is 0. The monoisotopic (exact) mass is 308 g/mol. The van der Waals surface area contributed by atoms with Gasteiger partial charge in [-0.2, -0.15) is 0 Å². The molecule has 0 amide bonds. The van der Waals surface area contributed by atoms with E-state index >= 15 is 0 Å². The summed E-state index contributed by atoms with van der Waals surface area (Å²) < 4.78 is 22.0. The molecule has 2 rings (SSSR count). The van der Waals surface area contributed by atoms with Crippen LogP contribution in [0.3, 0.4) is 0 Å². The van der Waals surface area contributed by atoms with Crippen LogP contribution in [0.15, 0.2) is 24.3 Å². The van der Waals surface area contributed by atoms with E-state index in [0.29, 0.717) is 24.7 Å². The van der Waals surface area contributed by atoms with Crippen molar-refractivity contribution in [2.24, 2.45) is 0 Å². The zero-order chi connectivity index (χ0) is 15.8. The van der Waals surface area contributed by atoms with Crippen LogP contribution in [0.2, 0.25) is 0 Å². The number of benzene rings is 1. The lowest BCUT2D eigenvalue weighted by Crippen LogP contribution is -2.31. The molecular weight excluding hydrogens is 284 g/mol. The zero-order valence-corrected chi connectivity index (χ0v) is 13.2. The maximum atomic E-state index is 12.1. The first-order chi connectivity index (χ1) is 10.7. The second-order valence-electron chi connectivity index (χ2n) is 5.26. The van der Waals surface area contributed by atoms with Gasteiger partial charge in [0, 0.05) is 6.61 Å². The Morgan fingerprint density at radius 1 is 1.32 bits per heavy atom. The molecule has 1 aromatic carbocycles. The number of carbonyl (C=O) groups is 1. The number of carbonyl (C=O) groups excluding carboxylic acids is 1. The van der Waals surface area contributed by atoms with Crippen molar-refractivity contribution in [1.29, 1.82) is 0 Å². The third kappa shape index (κ3) is 5.00. The summed E-state index contributed by atoms with van der Waals surface area (Å²) in [5, 5.41) is 0. The molecule has 122 valence electrons. The molecule has 5 nitrogen and oxygen atoms in total. The first-order valence-corrected chi connectivity index (χ1v) is 7.87. The van der Waals surface area contributed by atoms with E-state index in [2.05, 4.69) is 0 Å². The number of esters is 1. The van der Waals surface area contributed by atoms with Crippen molar-refractivity contribution in [2.75, 3.05) is 19.8 Å². The van der Waals surface area contributed by atoms with Crippen molar-refractivity contribution in [3.8, 4) is 11.5 Å². The Morgan fingerprint density at radius 2 is 2.09 bits per heavy atom. The van der Waals surface area contributed by atoms with E-state index in [4.69, 9.17) is 18.9 Å². The fraction of sp³-hybridized carbons (Fsp3) is 0.588. The number of hydrogen-bond acceptors (Lipinski definition) is 5. The second-order valence-corrected chi connectivity index (χ2v) is 5.26. The Morgan fingerprint density at radius 3 is 2.77 bits per heavy atom. The second kappa shape index (κ2) is 8.76. The fourth-order valence-electron chi connectivity index (χ4n) is 2.26. The number of ether oxygens (including phenoxy) is 4. The average Bonchev–Trinajstić information content (AvgIpc) is 2.55. The molecule has 0 N–H and O–H groups in total. The highest BCUT2D eigenvalue weighted by atomic mass is 16.6. The summed E-state index contributed by atoms with van der Waals surface area (Å²) in [6.45, 7) is 5.28. The molecular formula is C17H24O5. The smallest absolute Gasteiger partial charge is 0.340 e. The molecule has 0 radical (unpaired) electrons. The molecule has 2 atom stereocenters. The van der Waals surface area contributed by atoms with Crippen molar-refractivity contribution in [3.63, 3.8) is 0 Å². The van der Waals surface area contributed by atoms with Gasteiger partial charge in [0.25, 0.3) is 0 Å². The van der Waals surface area contributed by atoms with Crippen LogP contribution >= 0.6 is 0 Å². The Balaban J connectivity index is 1.83. The maximum Gasteiger partial charge on any atom is 0.340 e. The van der Waals surface area contributed by atoms with E-state index < -0.39 is 12.1 Å². The predicted octanol–water partition coefficient (Wildman–Crippen LogP) is 2.96. The van der Waals surface area contributed by atoms with Crippen molar-refractivity contribution in [3.05, 3.63) is 24.3 Å². The van der Waals surface area contributed by atoms with Crippen molar-refractivity contribution < 1.29 is 23.7 Å². The Labute approximate surface area is 131 Å². The molecule has 0 aromatic heterocycles. The molecule has 0 saturated carbocycles. The summed E-state index contributed by atoms with van der Waals surface area (Å²) in [6.07, 6.45) is 2.67. The van der Waals surface area contributed by atoms with E-state index in [1.807, 2.05) is 13.0 Å². The largest absolute Gasteiger partial charge is 0.490 e. The average molecular weight is 308 g/mol. The van der Waals surface area contributed by atoms with Gasteiger partial charge in [-0.3, -0.25) is 0 Å². The lowest BCUT2D eigenvalue weighted by molar-refractivity contribution is -0.149. The van der Waals surface area contributed by atoms with E-state index in [9.17, 15) is 4.79 Å². The molecule has 1 saturated heterocycles. The minimum atomic E-state index is -0.639. The molecule has 22 heavy (non-hydrogen) atoms. The minimum Gasteiger partial charge on any atom is -0.490 e. The molecule has 1 fully saturated rings. The van der Waals surface area contributed by atoms with Crippen LogP contribution in [0.25, 0.3) is 0 Å². The van der Waals surface area contributed by atoms with Crippen LogP contribution in [-0.2, 0) is 14.3 Å². The van der Waals surface area contributed by atoms with Crippen molar-refractivity contribution in [2.45, 2.75) is 45.3 Å². The highest BCUT2D eigenvalue weighted by molar-refractivity contribution is 5.77. The topological polar surface area (TPSA) is 54.0 Å². The lowest BCUT2D eigenvalue weighted by Gasteiger charge is -2.23. The standard InChI is InChI=1S/C17H24O5/c1-3-19-15-9-4-5-10-16(15)22-17(18)13(2)21-12-14-8-6-7-11-20-14/h4-5,9-10,13-14H,3,6-8,11-12H2,1-2H3. The SMILES string of the molecule is CCOc1ccccc1OC(=O)C(C)OCC1CCCCO1. The predicted molar refractivity (Wildman–Crippen MR) is 82.3 cm³/mol. The van der Waals surface area contributed by atoms with Gasteiger partial charge in [-0.15, -0.1) is 0 Å². The third-order valence-electron chi connectivity index (χ3n) is 3.50. The molecule has 0 bridgehead atoms. The summed E-state index contributed by atoms with van der Waals surface area (Å²) in [6, 6.07) is 7.11. The van der Waals surface area contributed by atoms with E-state index in [-0.39, 0.29) is 6.10 Å². The van der Waals surface area contributed by atoms with Gasteiger partial charge < -0.3 is 18.9 Å². The molecule has 1 aliphatic heterocycles. The van der Waals surface area contributed by atoms with Crippen molar-refractivity contribution >= 4 is 5.97 Å². The van der Waals surface area contributed by atoms with Gasteiger partial charge in [0.15, 0.2) is 17.6 Å². The van der Waals surface area contributed by atoms with Crippen LogP contribution in [0.1, 0.15) is 33.1 Å². The number of para-hydroxylation sites is 2. The van der Waals surface area contributed by atoms with Crippen LogP contribution in [0, 0.1) is 0 Å². The molecule has 0 aliphatic carbocycles. The first-order valence-electron chi connectivity index (χ1n) is 7.87. The summed E-state index contributed by atoms with van der Waals surface area (Å²) in [7, 11) is 0. The van der Waals surface area contributed by atoms with Crippen LogP contribution in [0.4, 0.5) is 0 Å². The van der Waals surface area contributed by atoms with Gasteiger partial charge in [-0.05, 0) is 45.2 Å². The minimum absolute atomic E-state index is 0.0831. The molecule has 2 unspecified atom stereocenters. The quantitative estimate of drug-likeness (QED) is 0.572. The maximum absolute atomic E-state index is 12.1. The summed E-state index contributed by atoms with van der Waals surface area (Å²) in [5.74, 6) is 0.544. The van der Waals surface area contributed by atoms with Crippen LogP contribution < -0.4 is 9.47 Å². The van der Waals surface area contributed by atoms with E-state index in [1.165, 1.54) is 0 Å². The van der Waals surface area contributed by atoms with Gasteiger partial charge in [0.1, 0.15) is 0 Å². The molecule has 0 spiro atoms. The Hall–Kier alpha value is -1.59. The molecule has 1 aromatic rings. The van der Waals surface area contributed by atoms with Gasteiger partial charge in [-0.1, -0.05) is 12.1 Å². The number of hydrogen-bond donors (Lipinski definition) is 0. The normalized spacial score (nSPS) is 19.5. The van der Waals surface area contributed by atoms with Gasteiger partial charge in [-0.25, -0.2) is 4.79 Å². The summed E-state index contributed by atoms with van der Waals surface area (Å²) in [5.41, 5.74) is 0. The van der Waals surface area contributed by atoms with E-state index in [1.54, 1.807) is 25.1 Å². The van der Waals surface area contributed by atoms with E-state index in [0.717, 1.165) is 25.9 Å². The van der Waals surface area contributed by atoms with Gasteiger partial charge in [0.05, 0.1) is 19.3 Å². The van der Waals surface area contributed by atoms with Crippen molar-refractivity contribution in [1.82, 2.24) is 0 Å². The Bertz CT molecular complexity index is 468. The third-order valence-corrected chi connectivity index (χ3v) is 3.50. The molecule has 5 heteroatoms. The highest BCUT2D eigenvalue weighted by Gasteiger charge is 2.21. The Kier molecular flexibility index (Phi) is 6.68. The number of rotatable bonds is 7. The van der Waals surface area contributed by atoms with Gasteiger partial charge in [0.2, 0.25) is 0 Å². The molecule has 1 heterocycles. The fourth-order valence-corrected chi connectivity index (χ4v) is 2.26. The van der Waals surface area contributed by atoms with Crippen LogP contribution in [-0.4, -0.2) is 38.0 Å². The first kappa shape index (κ1) is 16.8. The lowest BCUT2D eigenvalue weighted by atomic mass is 10.1. The zero-order valence-electron chi connectivity index (χ0n) is 13.2.